The van der Waals surface area contributed by atoms with Crippen molar-refractivity contribution in [3.63, 3.8) is 0 Å². The van der Waals surface area contributed by atoms with Crippen molar-refractivity contribution in [3.8, 4) is 5.75 Å². The van der Waals surface area contributed by atoms with E-state index in [1.807, 2.05) is 20.8 Å². The summed E-state index contributed by atoms with van der Waals surface area (Å²) in [4.78, 5) is 27.3. The molecule has 0 saturated carbocycles. The Hall–Kier alpha value is -2.19. The third kappa shape index (κ3) is 5.05. The number of morpholine rings is 1. The van der Waals surface area contributed by atoms with Gasteiger partial charge in [-0.3, -0.25) is 9.69 Å². The molecule has 0 spiro atoms. The Morgan fingerprint density at radius 1 is 1.21 bits per heavy atom. The number of methoxy groups -OCH3 is 1. The molecule has 1 aromatic rings. The van der Waals surface area contributed by atoms with Gasteiger partial charge in [-0.1, -0.05) is 0 Å². The molecule has 1 amide bonds. The number of hydrogen-bond donors (Lipinski definition) is 0. The second-order valence-electron chi connectivity index (χ2n) is 8.46. The van der Waals surface area contributed by atoms with Crippen LogP contribution in [0.2, 0.25) is 0 Å². The highest BCUT2D eigenvalue weighted by molar-refractivity contribution is 5.98. The van der Waals surface area contributed by atoms with Crippen LogP contribution in [0.15, 0.2) is 18.2 Å². The van der Waals surface area contributed by atoms with Crippen LogP contribution < -0.4 is 4.74 Å². The first-order valence-corrected chi connectivity index (χ1v) is 9.74. The summed E-state index contributed by atoms with van der Waals surface area (Å²) < 4.78 is 35.6. The molecule has 2 bridgehead atoms. The lowest BCUT2D eigenvalue weighted by Gasteiger charge is -2.47. The van der Waals surface area contributed by atoms with E-state index in [9.17, 15) is 14.0 Å². The number of ether oxygens (including phenoxy) is 4. The highest BCUT2D eigenvalue weighted by Gasteiger charge is 2.45. The molecule has 0 radical (unpaired) electrons. The fourth-order valence-corrected chi connectivity index (χ4v) is 3.87. The quantitative estimate of drug-likeness (QED) is 0.548. The summed E-state index contributed by atoms with van der Waals surface area (Å²) in [5.74, 6) is -0.972. The van der Waals surface area contributed by atoms with E-state index in [0.29, 0.717) is 31.8 Å². The summed E-state index contributed by atoms with van der Waals surface area (Å²) in [6.45, 7) is 6.12. The van der Waals surface area contributed by atoms with Crippen molar-refractivity contribution >= 4 is 11.9 Å². The number of benzene rings is 1. The maximum absolute atomic E-state index is 14.5. The van der Waals surface area contributed by atoms with Crippen molar-refractivity contribution in [2.75, 3.05) is 27.1 Å². The first-order chi connectivity index (χ1) is 13.7. The number of rotatable bonds is 5. The molecule has 1 aromatic carbocycles. The van der Waals surface area contributed by atoms with Crippen molar-refractivity contribution in [1.29, 1.82) is 0 Å². The molecule has 2 fully saturated rings. The molecule has 160 valence electrons. The van der Waals surface area contributed by atoms with E-state index in [1.54, 1.807) is 11.0 Å². The van der Waals surface area contributed by atoms with E-state index in [2.05, 4.69) is 0 Å². The fourth-order valence-electron chi connectivity index (χ4n) is 3.87. The van der Waals surface area contributed by atoms with Crippen molar-refractivity contribution in [2.45, 2.75) is 51.3 Å². The van der Waals surface area contributed by atoms with Gasteiger partial charge in [0.05, 0.1) is 30.9 Å². The van der Waals surface area contributed by atoms with Crippen molar-refractivity contribution in [2.24, 2.45) is 5.92 Å². The van der Waals surface area contributed by atoms with E-state index in [-0.39, 0.29) is 36.1 Å². The van der Waals surface area contributed by atoms with Crippen LogP contribution in [0, 0.1) is 11.7 Å². The van der Waals surface area contributed by atoms with Gasteiger partial charge in [0.25, 0.3) is 0 Å². The molecule has 2 aliphatic heterocycles. The van der Waals surface area contributed by atoms with Crippen molar-refractivity contribution < 1.29 is 32.9 Å². The Morgan fingerprint density at radius 3 is 2.41 bits per heavy atom. The molecule has 2 saturated heterocycles. The third-order valence-electron chi connectivity index (χ3n) is 5.05. The van der Waals surface area contributed by atoms with Gasteiger partial charge in [-0.2, -0.15) is 0 Å². The zero-order chi connectivity index (χ0) is 21.2. The topological polar surface area (TPSA) is 74.3 Å². The van der Waals surface area contributed by atoms with E-state index in [4.69, 9.17) is 18.9 Å². The van der Waals surface area contributed by atoms with Crippen LogP contribution >= 0.6 is 0 Å². The largest absolute Gasteiger partial charge is 0.467 e. The number of halogens is 1. The van der Waals surface area contributed by atoms with Crippen molar-refractivity contribution in [3.05, 3.63) is 29.6 Å². The summed E-state index contributed by atoms with van der Waals surface area (Å²) in [5, 5.41) is 0. The van der Waals surface area contributed by atoms with Crippen LogP contribution in [0.3, 0.4) is 0 Å². The van der Waals surface area contributed by atoms with Gasteiger partial charge in [-0.15, -0.1) is 0 Å². The van der Waals surface area contributed by atoms with Crippen LogP contribution in [0.25, 0.3) is 0 Å². The Kier molecular flexibility index (Phi) is 6.43. The highest BCUT2D eigenvalue weighted by Crippen LogP contribution is 2.35. The molecule has 29 heavy (non-hydrogen) atoms. The first kappa shape index (κ1) is 21.5. The smallest absolute Gasteiger partial charge is 0.410 e. The summed E-state index contributed by atoms with van der Waals surface area (Å²) in [5.41, 5.74) is -0.571. The van der Waals surface area contributed by atoms with Gasteiger partial charge in [-0.25, -0.2) is 9.18 Å². The summed E-state index contributed by atoms with van der Waals surface area (Å²) in [6.07, 6.45) is 0.429. The second-order valence-corrected chi connectivity index (χ2v) is 8.46. The van der Waals surface area contributed by atoms with Gasteiger partial charge < -0.3 is 18.9 Å². The Balaban J connectivity index is 1.72. The Bertz CT molecular complexity index is 748. The maximum atomic E-state index is 14.5. The van der Waals surface area contributed by atoms with Crippen LogP contribution in [-0.2, 0) is 14.2 Å². The molecule has 2 heterocycles. The number of piperidine rings is 1. The molecule has 0 aliphatic carbocycles. The standard InChI is InChI=1S/C21H28FNO6/c1-21(2,3)29-20(25)23-14-7-13(8-15(23)11-27-10-14)19(24)17-6-5-16(9-18(17)22)28-12-26-4/h5-6,9,13-15H,7-8,10-12H2,1-4H3. The third-order valence-corrected chi connectivity index (χ3v) is 5.05. The minimum absolute atomic E-state index is 0.000776. The molecule has 3 rings (SSSR count). The van der Waals surface area contributed by atoms with Crippen LogP contribution in [-0.4, -0.2) is 61.6 Å². The van der Waals surface area contributed by atoms with Gasteiger partial charge >= 0.3 is 6.09 Å². The van der Waals surface area contributed by atoms with E-state index in [0.717, 1.165) is 0 Å². The lowest BCUT2D eigenvalue weighted by atomic mass is 9.80. The number of carbonyl (C=O) groups excluding carboxylic acids is 2. The maximum Gasteiger partial charge on any atom is 0.410 e. The van der Waals surface area contributed by atoms with Crippen LogP contribution in [0.1, 0.15) is 44.0 Å². The number of ketones is 1. The molecule has 2 unspecified atom stereocenters. The molecule has 8 heteroatoms. The van der Waals surface area contributed by atoms with Crippen molar-refractivity contribution in [1.82, 2.24) is 4.90 Å². The molecule has 2 aliphatic rings. The van der Waals surface area contributed by atoms with Gasteiger partial charge in [0, 0.05) is 19.1 Å². The van der Waals surface area contributed by atoms with Gasteiger partial charge in [-0.05, 0) is 45.7 Å². The molecule has 0 N–H and O–H groups in total. The first-order valence-electron chi connectivity index (χ1n) is 9.74. The number of amides is 1. The monoisotopic (exact) mass is 409 g/mol. The SMILES string of the molecule is COCOc1ccc(C(=O)C2CC3COCC(C2)N3C(=O)OC(C)(C)C)c(F)c1. The van der Waals surface area contributed by atoms with Crippen LogP contribution in [0.4, 0.5) is 9.18 Å². The molecular formula is C21H28FNO6. The lowest BCUT2D eigenvalue weighted by Crippen LogP contribution is -2.60. The predicted octanol–water partition coefficient (Wildman–Crippen LogP) is 3.41. The summed E-state index contributed by atoms with van der Waals surface area (Å²) >= 11 is 0. The minimum atomic E-state index is -0.625. The zero-order valence-electron chi connectivity index (χ0n) is 17.3. The average Bonchev–Trinajstić information content (AvgIpc) is 2.63. The van der Waals surface area contributed by atoms with E-state index >= 15 is 0 Å². The van der Waals surface area contributed by atoms with Crippen LogP contribution in [0.5, 0.6) is 5.75 Å². The van der Waals surface area contributed by atoms with Gasteiger partial charge in [0.2, 0.25) is 0 Å². The number of hydrogen-bond acceptors (Lipinski definition) is 6. The molecule has 7 nitrogen and oxygen atoms in total. The van der Waals surface area contributed by atoms with E-state index in [1.165, 1.54) is 19.2 Å². The summed E-state index contributed by atoms with van der Waals surface area (Å²) in [7, 11) is 1.47. The van der Waals surface area contributed by atoms with Gasteiger partial charge in [0.1, 0.15) is 17.2 Å². The zero-order valence-corrected chi connectivity index (χ0v) is 17.3. The van der Waals surface area contributed by atoms with E-state index < -0.39 is 17.5 Å². The fraction of sp³-hybridized carbons (Fsp3) is 0.619. The molecular weight excluding hydrogens is 381 g/mol. The number of Topliss-reactive ketones (excluding diaryl/α,β-unsaturated/α-hetero) is 1. The Morgan fingerprint density at radius 2 is 1.86 bits per heavy atom. The summed E-state index contributed by atoms with van der Waals surface area (Å²) in [6, 6.07) is 3.65. The average molecular weight is 409 g/mol. The Labute approximate surface area is 170 Å². The highest BCUT2D eigenvalue weighted by atomic mass is 19.1. The normalized spacial score (nSPS) is 24.2. The molecule has 0 aromatic heterocycles. The number of fused-ring (bicyclic) bond motifs is 2. The lowest BCUT2D eigenvalue weighted by molar-refractivity contribution is -0.0861. The minimum Gasteiger partial charge on any atom is -0.467 e. The number of nitrogens with zero attached hydrogens (tertiary/aromatic N) is 1. The second kappa shape index (κ2) is 8.67. The molecule has 2 atom stereocenters. The predicted molar refractivity (Wildman–Crippen MR) is 102 cm³/mol. The van der Waals surface area contributed by atoms with Gasteiger partial charge in [0.15, 0.2) is 12.6 Å². The number of carbonyl (C=O) groups is 2.